The number of anilines is 1. The van der Waals surface area contributed by atoms with Crippen LogP contribution in [-0.4, -0.2) is 31.5 Å². The number of aryl methyl sites for hydroxylation is 1. The molecule has 33 heavy (non-hydrogen) atoms. The Morgan fingerprint density at radius 2 is 2.00 bits per heavy atom. The van der Waals surface area contributed by atoms with Crippen molar-refractivity contribution in [1.29, 1.82) is 0 Å². The molecular weight excluding hydrogens is 467 g/mol. The summed E-state index contributed by atoms with van der Waals surface area (Å²) in [7, 11) is 2.72. The Kier molecular flexibility index (Phi) is 5.53. The van der Waals surface area contributed by atoms with Gasteiger partial charge in [-0.05, 0) is 12.1 Å². The number of amides is 1. The summed E-state index contributed by atoms with van der Waals surface area (Å²) in [5.74, 6) is -0.988. The molecule has 0 saturated heterocycles. The number of thiazole rings is 1. The molecule has 4 rings (SSSR count). The molecule has 1 N–H and O–H groups in total. The zero-order chi connectivity index (χ0) is 23.9. The van der Waals surface area contributed by atoms with Crippen LogP contribution in [0.1, 0.15) is 5.76 Å². The van der Waals surface area contributed by atoms with E-state index in [1.54, 1.807) is 11.4 Å². The van der Waals surface area contributed by atoms with Crippen LogP contribution in [0.5, 0.6) is 5.75 Å². The molecule has 1 aromatic carbocycles. The fraction of sp³-hybridized carbons (Fsp3) is 0.211. The van der Waals surface area contributed by atoms with E-state index in [9.17, 15) is 27.6 Å². The van der Waals surface area contributed by atoms with Gasteiger partial charge in [0.1, 0.15) is 11.1 Å². The van der Waals surface area contributed by atoms with Crippen LogP contribution in [0, 0.1) is 0 Å². The molecule has 0 bridgehead atoms. The van der Waals surface area contributed by atoms with E-state index in [1.165, 1.54) is 26.2 Å². The number of carbonyl (C=O) groups is 1. The van der Waals surface area contributed by atoms with Crippen LogP contribution in [0.15, 0.2) is 43.8 Å². The number of rotatable bonds is 5. The summed E-state index contributed by atoms with van der Waals surface area (Å²) in [5, 5.41) is 7.99. The molecule has 0 saturated carbocycles. The molecule has 0 radical (unpaired) electrons. The predicted octanol–water partition coefficient (Wildman–Crippen LogP) is 2.43. The molecule has 0 aliphatic rings. The van der Waals surface area contributed by atoms with Gasteiger partial charge in [0.2, 0.25) is 5.91 Å². The first-order valence-corrected chi connectivity index (χ1v) is 10.1. The third-order valence-corrected chi connectivity index (χ3v) is 5.35. The Morgan fingerprint density at radius 3 is 2.73 bits per heavy atom. The minimum absolute atomic E-state index is 0.0102. The Labute approximate surface area is 185 Å². The lowest BCUT2D eigenvalue weighted by Gasteiger charge is -2.09. The smallest absolute Gasteiger partial charge is 0.406 e. The van der Waals surface area contributed by atoms with Crippen LogP contribution in [0.2, 0.25) is 0 Å². The molecule has 0 aliphatic heterocycles. The van der Waals surface area contributed by atoms with Gasteiger partial charge in [-0.2, -0.15) is 0 Å². The maximum atomic E-state index is 12.5. The number of nitrogens with zero attached hydrogens (tertiary/aromatic N) is 4. The number of halogens is 3. The molecule has 0 atom stereocenters. The van der Waals surface area contributed by atoms with Gasteiger partial charge < -0.3 is 14.6 Å². The van der Waals surface area contributed by atoms with Gasteiger partial charge in [0.15, 0.2) is 16.5 Å². The van der Waals surface area contributed by atoms with Gasteiger partial charge in [-0.1, -0.05) is 17.3 Å². The van der Waals surface area contributed by atoms with E-state index in [0.717, 1.165) is 26.5 Å². The Morgan fingerprint density at radius 1 is 1.24 bits per heavy atom. The average Bonchev–Trinajstić information content (AvgIpc) is 3.37. The lowest BCUT2D eigenvalue weighted by molar-refractivity contribution is -0.274. The summed E-state index contributed by atoms with van der Waals surface area (Å²) in [6.07, 6.45) is -5.17. The van der Waals surface area contributed by atoms with E-state index >= 15 is 0 Å². The van der Waals surface area contributed by atoms with Gasteiger partial charge in [-0.25, -0.2) is 9.78 Å². The van der Waals surface area contributed by atoms with Gasteiger partial charge in [0.05, 0.1) is 12.1 Å². The van der Waals surface area contributed by atoms with Gasteiger partial charge >= 0.3 is 12.1 Å². The van der Waals surface area contributed by atoms with Crippen LogP contribution in [-0.2, 0) is 25.3 Å². The summed E-state index contributed by atoms with van der Waals surface area (Å²) in [5.41, 5.74) is -0.522. The van der Waals surface area contributed by atoms with E-state index in [0.29, 0.717) is 11.3 Å². The fourth-order valence-corrected chi connectivity index (χ4v) is 3.81. The van der Waals surface area contributed by atoms with Crippen molar-refractivity contribution in [2.45, 2.75) is 12.8 Å². The van der Waals surface area contributed by atoms with E-state index < -0.39 is 29.3 Å². The first-order valence-electron chi connectivity index (χ1n) is 9.19. The number of nitrogens with one attached hydrogen (secondary N) is 1. The highest BCUT2D eigenvalue weighted by molar-refractivity contribution is 7.14. The highest BCUT2D eigenvalue weighted by atomic mass is 32.1. The lowest BCUT2D eigenvalue weighted by Crippen LogP contribution is -2.37. The average molecular weight is 481 g/mol. The van der Waals surface area contributed by atoms with E-state index in [1.807, 2.05) is 0 Å². The number of hydrogen-bond donors (Lipinski definition) is 1. The number of hydrogen-bond acceptors (Lipinski definition) is 8. The molecular formula is C19H14F3N5O5S. The quantitative estimate of drug-likeness (QED) is 0.465. The zero-order valence-electron chi connectivity index (χ0n) is 17.0. The van der Waals surface area contributed by atoms with Crippen molar-refractivity contribution in [2.75, 3.05) is 5.32 Å². The summed E-state index contributed by atoms with van der Waals surface area (Å²) in [6, 6.07) is 5.27. The highest BCUT2D eigenvalue weighted by Crippen LogP contribution is 2.30. The Hall–Kier alpha value is -3.94. The van der Waals surface area contributed by atoms with Crippen LogP contribution in [0.3, 0.4) is 0 Å². The zero-order valence-corrected chi connectivity index (χ0v) is 17.8. The van der Waals surface area contributed by atoms with Crippen molar-refractivity contribution in [2.24, 2.45) is 14.1 Å². The molecule has 0 spiro atoms. The molecule has 4 aromatic rings. The van der Waals surface area contributed by atoms with Crippen LogP contribution < -0.4 is 21.3 Å². The van der Waals surface area contributed by atoms with Crippen molar-refractivity contribution in [3.8, 4) is 17.0 Å². The van der Waals surface area contributed by atoms with Gasteiger partial charge in [0.25, 0.3) is 5.56 Å². The second-order valence-electron chi connectivity index (χ2n) is 6.85. The summed E-state index contributed by atoms with van der Waals surface area (Å²) in [4.78, 5) is 41.1. The number of ether oxygens (including phenoxy) is 1. The van der Waals surface area contributed by atoms with E-state index in [2.05, 4.69) is 20.2 Å². The number of aromatic nitrogens is 4. The molecule has 14 heteroatoms. The highest BCUT2D eigenvalue weighted by Gasteiger charge is 2.31. The van der Waals surface area contributed by atoms with Gasteiger partial charge in [-0.3, -0.25) is 18.7 Å². The predicted molar refractivity (Wildman–Crippen MR) is 111 cm³/mol. The molecule has 3 heterocycles. The topological polar surface area (TPSA) is 121 Å². The summed E-state index contributed by atoms with van der Waals surface area (Å²) >= 11 is 1.05. The molecule has 172 valence electrons. The summed E-state index contributed by atoms with van der Waals surface area (Å²) in [6.45, 7) is 0. The SMILES string of the molecule is Cn1c(=O)c2c(CC(=O)Nc3nc(-c4cccc(OC(F)(F)F)c4)cs3)onc2n(C)c1=O. The van der Waals surface area contributed by atoms with Crippen molar-refractivity contribution in [3.63, 3.8) is 0 Å². The molecule has 3 aromatic heterocycles. The normalized spacial score (nSPS) is 11.7. The van der Waals surface area contributed by atoms with Crippen LogP contribution in [0.25, 0.3) is 22.3 Å². The monoisotopic (exact) mass is 481 g/mol. The van der Waals surface area contributed by atoms with Crippen molar-refractivity contribution in [1.82, 2.24) is 19.3 Å². The molecule has 0 unspecified atom stereocenters. The summed E-state index contributed by atoms with van der Waals surface area (Å²) < 4.78 is 48.3. The third kappa shape index (κ3) is 4.50. The van der Waals surface area contributed by atoms with Gasteiger partial charge in [0, 0.05) is 25.0 Å². The molecule has 1 amide bonds. The minimum atomic E-state index is -4.82. The van der Waals surface area contributed by atoms with E-state index in [4.69, 9.17) is 4.52 Å². The maximum absolute atomic E-state index is 12.5. The van der Waals surface area contributed by atoms with Crippen LogP contribution in [0.4, 0.5) is 18.3 Å². The van der Waals surface area contributed by atoms with Crippen molar-refractivity contribution in [3.05, 3.63) is 56.2 Å². The first kappa shape index (κ1) is 22.3. The van der Waals surface area contributed by atoms with E-state index in [-0.39, 0.29) is 28.3 Å². The largest absolute Gasteiger partial charge is 0.573 e. The standard InChI is InChI=1S/C19H14F3N5O5S/c1-26-15-14(16(29)27(2)18(26)30)12(32-25-15)7-13(28)24-17-23-11(8-33-17)9-4-3-5-10(6-9)31-19(20,21)22/h3-6,8H,7H2,1-2H3,(H,23,24,28). The molecule has 0 aliphatic carbocycles. The number of alkyl halides is 3. The van der Waals surface area contributed by atoms with Crippen LogP contribution >= 0.6 is 11.3 Å². The van der Waals surface area contributed by atoms with Crippen molar-refractivity contribution >= 4 is 33.4 Å². The second kappa shape index (κ2) is 8.20. The minimum Gasteiger partial charge on any atom is -0.406 e. The third-order valence-electron chi connectivity index (χ3n) is 4.59. The second-order valence-corrected chi connectivity index (χ2v) is 7.71. The number of fused-ring (bicyclic) bond motifs is 1. The fourth-order valence-electron chi connectivity index (χ4n) is 3.07. The maximum Gasteiger partial charge on any atom is 0.573 e. The Bertz CT molecular complexity index is 1480. The number of carbonyl (C=O) groups excluding carboxylic acids is 1. The first-order chi connectivity index (χ1) is 15.5. The lowest BCUT2D eigenvalue weighted by atomic mass is 10.2. The number of benzene rings is 1. The molecule has 0 fully saturated rings. The van der Waals surface area contributed by atoms with Gasteiger partial charge in [-0.15, -0.1) is 24.5 Å². The Balaban J connectivity index is 1.52. The van der Waals surface area contributed by atoms with Crippen molar-refractivity contribution < 1.29 is 27.2 Å². The molecule has 10 nitrogen and oxygen atoms in total.